The molecule has 0 saturated carbocycles. The largest absolute Gasteiger partial charge is 0.409 e. The van der Waals surface area contributed by atoms with Crippen molar-refractivity contribution in [3.63, 3.8) is 0 Å². The van der Waals surface area contributed by atoms with Gasteiger partial charge in [0.05, 0.1) is 11.2 Å². The van der Waals surface area contributed by atoms with Crippen LogP contribution in [-0.4, -0.2) is 32.3 Å². The van der Waals surface area contributed by atoms with Gasteiger partial charge in [-0.3, -0.25) is 9.48 Å². The van der Waals surface area contributed by atoms with Crippen LogP contribution in [0, 0.1) is 0 Å². The number of amidine groups is 1. The lowest BCUT2D eigenvalue weighted by molar-refractivity contribution is 0.0921. The quantitative estimate of drug-likeness (QED) is 0.309. The van der Waals surface area contributed by atoms with Crippen LogP contribution in [0.25, 0.3) is 0 Å². The molecule has 18 heavy (non-hydrogen) atoms. The summed E-state index contributed by atoms with van der Waals surface area (Å²) in [4.78, 5) is 12.1. The van der Waals surface area contributed by atoms with E-state index in [-0.39, 0.29) is 11.7 Å². The van der Waals surface area contributed by atoms with Crippen LogP contribution >= 0.6 is 0 Å². The highest BCUT2D eigenvalue weighted by Crippen LogP contribution is 2.08. The zero-order valence-electron chi connectivity index (χ0n) is 11.1. The molecule has 0 aromatic carbocycles. The molecule has 1 aromatic rings. The molecule has 0 radical (unpaired) electrons. The number of aromatic nitrogens is 2. The normalized spacial score (nSPS) is 12.6. The molecule has 0 unspecified atom stereocenters. The summed E-state index contributed by atoms with van der Waals surface area (Å²) in [6.45, 7) is 5.26. The summed E-state index contributed by atoms with van der Waals surface area (Å²) in [5.74, 6) is -0.380. The Morgan fingerprint density at radius 1 is 1.67 bits per heavy atom. The van der Waals surface area contributed by atoms with Gasteiger partial charge in [0.15, 0.2) is 5.84 Å². The summed E-state index contributed by atoms with van der Waals surface area (Å²) >= 11 is 0. The first kappa shape index (κ1) is 14.0. The third-order valence-electron chi connectivity index (χ3n) is 2.70. The molecule has 0 spiro atoms. The first-order chi connectivity index (χ1) is 8.31. The standard InChI is InChI=1S/C11H19N5O2/c1-5-7-6-8(16(4)14-7)9(17)13-11(2,3)10(12)15-18/h6,18H,5H2,1-4H3,(H2,12,15)(H,13,17). The van der Waals surface area contributed by atoms with E-state index in [1.807, 2.05) is 6.92 Å². The highest BCUT2D eigenvalue weighted by atomic mass is 16.4. The van der Waals surface area contributed by atoms with Gasteiger partial charge >= 0.3 is 0 Å². The van der Waals surface area contributed by atoms with Crippen molar-refractivity contribution in [1.82, 2.24) is 15.1 Å². The van der Waals surface area contributed by atoms with E-state index in [1.54, 1.807) is 27.0 Å². The number of carbonyl (C=O) groups excluding carboxylic acids is 1. The zero-order valence-corrected chi connectivity index (χ0v) is 11.1. The molecule has 0 aliphatic heterocycles. The van der Waals surface area contributed by atoms with E-state index in [0.717, 1.165) is 12.1 Å². The van der Waals surface area contributed by atoms with Gasteiger partial charge in [-0.25, -0.2) is 0 Å². The molecule has 7 heteroatoms. The van der Waals surface area contributed by atoms with Crippen molar-refractivity contribution in [2.24, 2.45) is 17.9 Å². The van der Waals surface area contributed by atoms with E-state index in [9.17, 15) is 4.79 Å². The summed E-state index contributed by atoms with van der Waals surface area (Å²) < 4.78 is 1.51. The molecule has 0 fully saturated rings. The van der Waals surface area contributed by atoms with Crippen LogP contribution in [0.2, 0.25) is 0 Å². The van der Waals surface area contributed by atoms with Crippen molar-refractivity contribution in [2.75, 3.05) is 0 Å². The monoisotopic (exact) mass is 253 g/mol. The fraction of sp³-hybridized carbons (Fsp3) is 0.545. The number of nitrogens with zero attached hydrogens (tertiary/aromatic N) is 3. The fourth-order valence-corrected chi connectivity index (χ4v) is 1.45. The summed E-state index contributed by atoms with van der Waals surface area (Å²) in [5.41, 5.74) is 5.85. The average molecular weight is 253 g/mol. The molecule has 0 atom stereocenters. The molecule has 0 aliphatic rings. The molecule has 1 aromatic heterocycles. The Balaban J connectivity index is 2.92. The maximum Gasteiger partial charge on any atom is 0.270 e. The molecule has 4 N–H and O–H groups in total. The number of oxime groups is 1. The summed E-state index contributed by atoms with van der Waals surface area (Å²) in [6.07, 6.45) is 0.755. The lowest BCUT2D eigenvalue weighted by atomic mass is 10.0. The summed E-state index contributed by atoms with van der Waals surface area (Å²) in [6, 6.07) is 1.72. The van der Waals surface area contributed by atoms with Gasteiger partial charge in [-0.05, 0) is 26.3 Å². The fourth-order valence-electron chi connectivity index (χ4n) is 1.45. The van der Waals surface area contributed by atoms with Crippen molar-refractivity contribution >= 4 is 11.7 Å². The minimum absolute atomic E-state index is 0.0614. The minimum atomic E-state index is -0.928. The van der Waals surface area contributed by atoms with E-state index in [4.69, 9.17) is 10.9 Å². The lowest BCUT2D eigenvalue weighted by Crippen LogP contribution is -2.53. The van der Waals surface area contributed by atoms with Crippen LogP contribution in [0.3, 0.4) is 0 Å². The number of nitrogens with two attached hydrogens (primary N) is 1. The SMILES string of the molecule is CCc1cc(C(=O)NC(C)(C)C(N)=NO)n(C)n1. The zero-order chi connectivity index (χ0) is 13.9. The number of rotatable bonds is 4. The number of carbonyl (C=O) groups is 1. The molecular weight excluding hydrogens is 234 g/mol. The van der Waals surface area contributed by atoms with Crippen LogP contribution in [0.1, 0.15) is 37.0 Å². The molecule has 100 valence electrons. The summed E-state index contributed by atoms with van der Waals surface area (Å²) in [5, 5.41) is 18.4. The van der Waals surface area contributed by atoms with Crippen LogP contribution in [0.15, 0.2) is 11.2 Å². The minimum Gasteiger partial charge on any atom is -0.409 e. The third-order valence-corrected chi connectivity index (χ3v) is 2.70. The molecule has 1 amide bonds. The van der Waals surface area contributed by atoms with E-state index in [2.05, 4.69) is 15.6 Å². The smallest absolute Gasteiger partial charge is 0.270 e. The predicted molar refractivity (Wildman–Crippen MR) is 67.5 cm³/mol. The highest BCUT2D eigenvalue weighted by molar-refractivity contribution is 5.98. The number of hydrogen-bond donors (Lipinski definition) is 3. The molecule has 7 nitrogen and oxygen atoms in total. The molecule has 0 aliphatic carbocycles. The highest BCUT2D eigenvalue weighted by Gasteiger charge is 2.27. The van der Waals surface area contributed by atoms with Crippen molar-refractivity contribution in [3.05, 3.63) is 17.5 Å². The molecule has 0 bridgehead atoms. The van der Waals surface area contributed by atoms with Gasteiger partial charge in [0.2, 0.25) is 0 Å². The molecule has 0 saturated heterocycles. The van der Waals surface area contributed by atoms with E-state index < -0.39 is 5.54 Å². The Morgan fingerprint density at radius 2 is 2.28 bits per heavy atom. The Hall–Kier alpha value is -2.05. The Bertz CT molecular complexity index is 476. The van der Waals surface area contributed by atoms with E-state index in [1.165, 1.54) is 4.68 Å². The Morgan fingerprint density at radius 3 is 2.72 bits per heavy atom. The van der Waals surface area contributed by atoms with Crippen molar-refractivity contribution in [2.45, 2.75) is 32.7 Å². The number of amides is 1. The van der Waals surface area contributed by atoms with Gasteiger partial charge in [-0.15, -0.1) is 0 Å². The second-order valence-corrected chi connectivity index (χ2v) is 4.56. The van der Waals surface area contributed by atoms with Gasteiger partial charge in [0.1, 0.15) is 5.69 Å². The average Bonchev–Trinajstić information content (AvgIpc) is 2.68. The molecule has 1 heterocycles. The number of hydrogen-bond acceptors (Lipinski definition) is 4. The van der Waals surface area contributed by atoms with E-state index in [0.29, 0.717) is 5.69 Å². The van der Waals surface area contributed by atoms with Crippen LogP contribution in [0.4, 0.5) is 0 Å². The van der Waals surface area contributed by atoms with Gasteiger partial charge in [-0.2, -0.15) is 5.10 Å². The third kappa shape index (κ3) is 2.79. The predicted octanol–water partition coefficient (Wildman–Crippen LogP) is 0.237. The second-order valence-electron chi connectivity index (χ2n) is 4.56. The van der Waals surface area contributed by atoms with Crippen LogP contribution in [0.5, 0.6) is 0 Å². The Kier molecular flexibility index (Phi) is 3.95. The Labute approximate surface area is 106 Å². The summed E-state index contributed by atoms with van der Waals surface area (Å²) in [7, 11) is 1.70. The van der Waals surface area contributed by atoms with Crippen molar-refractivity contribution in [3.8, 4) is 0 Å². The second kappa shape index (κ2) is 5.07. The van der Waals surface area contributed by atoms with Crippen molar-refractivity contribution in [1.29, 1.82) is 0 Å². The van der Waals surface area contributed by atoms with Crippen LogP contribution in [-0.2, 0) is 13.5 Å². The number of aryl methyl sites for hydroxylation is 2. The topological polar surface area (TPSA) is 106 Å². The van der Waals surface area contributed by atoms with Crippen LogP contribution < -0.4 is 11.1 Å². The van der Waals surface area contributed by atoms with Gasteiger partial charge in [-0.1, -0.05) is 12.1 Å². The number of nitrogens with one attached hydrogen (secondary N) is 1. The maximum absolute atomic E-state index is 12.1. The van der Waals surface area contributed by atoms with Gasteiger partial charge in [0.25, 0.3) is 5.91 Å². The van der Waals surface area contributed by atoms with Gasteiger partial charge in [0, 0.05) is 7.05 Å². The van der Waals surface area contributed by atoms with E-state index >= 15 is 0 Å². The molecular formula is C11H19N5O2. The first-order valence-electron chi connectivity index (χ1n) is 5.65. The maximum atomic E-state index is 12.1. The van der Waals surface area contributed by atoms with Crippen molar-refractivity contribution < 1.29 is 10.0 Å². The first-order valence-corrected chi connectivity index (χ1v) is 5.65. The molecule has 1 rings (SSSR count). The van der Waals surface area contributed by atoms with Gasteiger partial charge < -0.3 is 16.3 Å². The lowest BCUT2D eigenvalue weighted by Gasteiger charge is -2.24.